The Morgan fingerprint density at radius 3 is 2.58 bits per heavy atom. The van der Waals surface area contributed by atoms with Gasteiger partial charge in [-0.1, -0.05) is 19.8 Å². The molecule has 0 aromatic carbocycles. The zero-order chi connectivity index (χ0) is 9.03. The topological polar surface area (TPSA) is 55.1 Å². The highest BCUT2D eigenvalue weighted by Gasteiger charge is 2.36. The molecular formula is C9H18N2O. The predicted octanol–water partition coefficient (Wildman–Crippen LogP) is 0.784. The maximum atomic E-state index is 11.5. The van der Waals surface area contributed by atoms with Crippen LogP contribution < -0.4 is 11.1 Å². The SMILES string of the molecule is CCCNC(=O)C1(N)CCCC1. The molecule has 3 N–H and O–H groups in total. The minimum Gasteiger partial charge on any atom is -0.355 e. The van der Waals surface area contributed by atoms with Crippen LogP contribution in [0.15, 0.2) is 0 Å². The third-order valence-corrected chi connectivity index (χ3v) is 2.48. The summed E-state index contributed by atoms with van der Waals surface area (Å²) >= 11 is 0. The van der Waals surface area contributed by atoms with Gasteiger partial charge in [0.25, 0.3) is 0 Å². The van der Waals surface area contributed by atoms with Crippen LogP contribution in [0.25, 0.3) is 0 Å². The van der Waals surface area contributed by atoms with Crippen LogP contribution in [0.2, 0.25) is 0 Å². The van der Waals surface area contributed by atoms with E-state index in [0.717, 1.165) is 38.6 Å². The lowest BCUT2D eigenvalue weighted by Crippen LogP contribution is -2.52. The first-order valence-corrected chi connectivity index (χ1v) is 4.76. The number of hydrogen-bond donors (Lipinski definition) is 2. The van der Waals surface area contributed by atoms with Crippen LogP contribution in [-0.4, -0.2) is 18.0 Å². The second-order valence-electron chi connectivity index (χ2n) is 3.62. The number of rotatable bonds is 3. The summed E-state index contributed by atoms with van der Waals surface area (Å²) in [4.78, 5) is 11.5. The molecule has 12 heavy (non-hydrogen) atoms. The quantitative estimate of drug-likeness (QED) is 0.657. The normalized spacial score (nSPS) is 20.8. The first-order valence-electron chi connectivity index (χ1n) is 4.76. The summed E-state index contributed by atoms with van der Waals surface area (Å²) in [6.07, 6.45) is 4.86. The molecule has 70 valence electrons. The molecule has 1 fully saturated rings. The predicted molar refractivity (Wildman–Crippen MR) is 48.7 cm³/mol. The van der Waals surface area contributed by atoms with Crippen molar-refractivity contribution < 1.29 is 4.79 Å². The summed E-state index contributed by atoms with van der Waals surface area (Å²) in [5, 5.41) is 2.85. The summed E-state index contributed by atoms with van der Waals surface area (Å²) in [5.41, 5.74) is 5.38. The Bertz CT molecular complexity index is 162. The van der Waals surface area contributed by atoms with Gasteiger partial charge in [-0.3, -0.25) is 4.79 Å². The van der Waals surface area contributed by atoms with Crippen LogP contribution in [0.1, 0.15) is 39.0 Å². The van der Waals surface area contributed by atoms with E-state index in [0.29, 0.717) is 0 Å². The Morgan fingerprint density at radius 1 is 1.50 bits per heavy atom. The fraction of sp³-hybridized carbons (Fsp3) is 0.889. The lowest BCUT2D eigenvalue weighted by atomic mass is 9.98. The number of carbonyl (C=O) groups excluding carboxylic acids is 1. The van der Waals surface area contributed by atoms with E-state index >= 15 is 0 Å². The first kappa shape index (κ1) is 9.52. The summed E-state index contributed by atoms with van der Waals surface area (Å²) in [5.74, 6) is 0.0434. The molecule has 0 aliphatic heterocycles. The molecule has 3 heteroatoms. The Labute approximate surface area is 73.7 Å². The van der Waals surface area contributed by atoms with Gasteiger partial charge >= 0.3 is 0 Å². The molecule has 1 rings (SSSR count). The average Bonchev–Trinajstić information content (AvgIpc) is 2.49. The van der Waals surface area contributed by atoms with Gasteiger partial charge in [0, 0.05) is 6.54 Å². The maximum Gasteiger partial charge on any atom is 0.240 e. The third kappa shape index (κ3) is 1.97. The molecule has 1 amide bonds. The smallest absolute Gasteiger partial charge is 0.240 e. The van der Waals surface area contributed by atoms with Gasteiger partial charge in [0.2, 0.25) is 5.91 Å². The molecule has 1 aliphatic rings. The van der Waals surface area contributed by atoms with E-state index in [2.05, 4.69) is 5.32 Å². The van der Waals surface area contributed by atoms with Gasteiger partial charge in [0.1, 0.15) is 0 Å². The van der Waals surface area contributed by atoms with Crippen molar-refractivity contribution in [2.24, 2.45) is 5.73 Å². The van der Waals surface area contributed by atoms with E-state index in [9.17, 15) is 4.79 Å². The van der Waals surface area contributed by atoms with E-state index < -0.39 is 5.54 Å². The zero-order valence-electron chi connectivity index (χ0n) is 7.73. The van der Waals surface area contributed by atoms with Gasteiger partial charge < -0.3 is 11.1 Å². The lowest BCUT2D eigenvalue weighted by Gasteiger charge is -2.21. The van der Waals surface area contributed by atoms with E-state index in [1.54, 1.807) is 0 Å². The van der Waals surface area contributed by atoms with Gasteiger partial charge in [0.15, 0.2) is 0 Å². The van der Waals surface area contributed by atoms with Crippen LogP contribution in [0, 0.1) is 0 Å². The number of hydrogen-bond acceptors (Lipinski definition) is 2. The number of amides is 1. The van der Waals surface area contributed by atoms with Crippen molar-refractivity contribution in [2.75, 3.05) is 6.54 Å². The Balaban J connectivity index is 2.39. The van der Waals surface area contributed by atoms with Gasteiger partial charge in [0.05, 0.1) is 5.54 Å². The van der Waals surface area contributed by atoms with Crippen LogP contribution in [0.3, 0.4) is 0 Å². The lowest BCUT2D eigenvalue weighted by molar-refractivity contribution is -0.126. The molecule has 3 nitrogen and oxygen atoms in total. The van der Waals surface area contributed by atoms with Gasteiger partial charge in [-0.25, -0.2) is 0 Å². The molecule has 0 bridgehead atoms. The maximum absolute atomic E-state index is 11.5. The average molecular weight is 170 g/mol. The highest BCUT2D eigenvalue weighted by Crippen LogP contribution is 2.26. The van der Waals surface area contributed by atoms with Crippen LogP contribution >= 0.6 is 0 Å². The number of carbonyl (C=O) groups is 1. The molecule has 0 spiro atoms. The standard InChI is InChI=1S/C9H18N2O/c1-2-7-11-8(12)9(10)5-3-4-6-9/h2-7,10H2,1H3,(H,11,12). The minimum atomic E-state index is -0.546. The third-order valence-electron chi connectivity index (χ3n) is 2.48. The Kier molecular flexibility index (Phi) is 3.09. The van der Waals surface area contributed by atoms with E-state index in [-0.39, 0.29) is 5.91 Å². The summed E-state index contributed by atoms with van der Waals surface area (Å²) in [6, 6.07) is 0. The summed E-state index contributed by atoms with van der Waals surface area (Å²) in [6.45, 7) is 2.79. The van der Waals surface area contributed by atoms with Gasteiger partial charge in [-0.2, -0.15) is 0 Å². The first-order chi connectivity index (χ1) is 5.69. The molecule has 0 heterocycles. The van der Waals surface area contributed by atoms with Crippen LogP contribution in [0.4, 0.5) is 0 Å². The Hall–Kier alpha value is -0.570. The fourth-order valence-corrected chi connectivity index (χ4v) is 1.65. The molecule has 0 saturated heterocycles. The zero-order valence-corrected chi connectivity index (χ0v) is 7.73. The highest BCUT2D eigenvalue weighted by molar-refractivity contribution is 5.86. The largest absolute Gasteiger partial charge is 0.355 e. The van der Waals surface area contributed by atoms with Crippen molar-refractivity contribution in [3.05, 3.63) is 0 Å². The molecule has 0 atom stereocenters. The minimum absolute atomic E-state index is 0.0434. The summed E-state index contributed by atoms with van der Waals surface area (Å²) in [7, 11) is 0. The van der Waals surface area contributed by atoms with Gasteiger partial charge in [-0.15, -0.1) is 0 Å². The summed E-state index contributed by atoms with van der Waals surface area (Å²) < 4.78 is 0. The Morgan fingerprint density at radius 2 is 2.08 bits per heavy atom. The molecule has 0 aromatic rings. The molecular weight excluding hydrogens is 152 g/mol. The molecule has 0 unspecified atom stereocenters. The van der Waals surface area contributed by atoms with E-state index in [1.807, 2.05) is 6.92 Å². The molecule has 0 radical (unpaired) electrons. The monoisotopic (exact) mass is 170 g/mol. The molecule has 0 aromatic heterocycles. The van der Waals surface area contributed by atoms with E-state index in [1.165, 1.54) is 0 Å². The van der Waals surface area contributed by atoms with Gasteiger partial charge in [-0.05, 0) is 19.3 Å². The van der Waals surface area contributed by atoms with Crippen LogP contribution in [-0.2, 0) is 4.79 Å². The van der Waals surface area contributed by atoms with Crippen molar-refractivity contribution >= 4 is 5.91 Å². The fourth-order valence-electron chi connectivity index (χ4n) is 1.65. The van der Waals surface area contributed by atoms with E-state index in [4.69, 9.17) is 5.73 Å². The second kappa shape index (κ2) is 3.90. The van der Waals surface area contributed by atoms with Crippen molar-refractivity contribution in [3.63, 3.8) is 0 Å². The number of nitrogens with two attached hydrogens (primary N) is 1. The molecule has 1 saturated carbocycles. The van der Waals surface area contributed by atoms with Crippen LogP contribution in [0.5, 0.6) is 0 Å². The number of nitrogens with one attached hydrogen (secondary N) is 1. The second-order valence-corrected chi connectivity index (χ2v) is 3.62. The van der Waals surface area contributed by atoms with Crippen molar-refractivity contribution in [3.8, 4) is 0 Å². The molecule has 1 aliphatic carbocycles. The van der Waals surface area contributed by atoms with Crippen molar-refractivity contribution in [1.29, 1.82) is 0 Å². The van der Waals surface area contributed by atoms with Crippen molar-refractivity contribution in [1.82, 2.24) is 5.32 Å². The van der Waals surface area contributed by atoms with Crippen molar-refractivity contribution in [2.45, 2.75) is 44.6 Å². The highest BCUT2D eigenvalue weighted by atomic mass is 16.2.